The third-order valence-corrected chi connectivity index (χ3v) is 9.96. The van der Waals surface area contributed by atoms with Gasteiger partial charge >= 0.3 is 5.97 Å². The lowest BCUT2D eigenvalue weighted by atomic mass is 9.54. The maximum absolute atomic E-state index is 14.2. The van der Waals surface area contributed by atoms with Crippen molar-refractivity contribution in [2.45, 2.75) is 9.75 Å². The van der Waals surface area contributed by atoms with Gasteiger partial charge in [-0.1, -0.05) is 54.6 Å². The molecule has 3 aliphatic carbocycles. The minimum absolute atomic E-state index is 0.0752. The molecule has 7 nitrogen and oxygen atoms in total. The van der Waals surface area contributed by atoms with Crippen LogP contribution < -0.4 is 9.64 Å². The monoisotopic (exact) mass is 611 g/mol. The highest BCUT2D eigenvalue weighted by Crippen LogP contribution is 2.69. The van der Waals surface area contributed by atoms with Crippen LogP contribution in [0.15, 0.2) is 97.1 Å². The predicted octanol–water partition coefficient (Wildman–Crippen LogP) is 5.83. The number of hydrogen-bond acceptors (Lipinski definition) is 6. The van der Waals surface area contributed by atoms with Gasteiger partial charge in [0.2, 0.25) is 11.8 Å². The SMILES string of the molecule is COc1ccc(C(=O)COC(=O)c2cccc(N3C(=O)[C@@H]4[C@H](C3=O)C3(Cl)c5ccccc5C4(Cl)c4ccccc43)c2)cc1. The fraction of sp³-hybridized carbons (Fsp3) is 0.176. The highest BCUT2D eigenvalue weighted by molar-refractivity contribution is 6.38. The highest BCUT2D eigenvalue weighted by Gasteiger charge is 2.73. The second kappa shape index (κ2) is 9.79. The van der Waals surface area contributed by atoms with Gasteiger partial charge in [-0.15, -0.1) is 23.2 Å². The first kappa shape index (κ1) is 27.4. The van der Waals surface area contributed by atoms with E-state index in [-0.39, 0.29) is 11.3 Å². The van der Waals surface area contributed by atoms with Gasteiger partial charge in [0.1, 0.15) is 15.5 Å². The molecule has 9 heteroatoms. The number of hydrogen-bond donors (Lipinski definition) is 0. The lowest BCUT2D eigenvalue weighted by Gasteiger charge is -2.54. The Labute approximate surface area is 256 Å². The van der Waals surface area contributed by atoms with Crippen molar-refractivity contribution in [1.29, 1.82) is 0 Å². The number of nitrogens with zero attached hydrogens (tertiary/aromatic N) is 1. The lowest BCUT2D eigenvalue weighted by Crippen LogP contribution is -2.57. The minimum atomic E-state index is -1.31. The van der Waals surface area contributed by atoms with Crippen molar-refractivity contribution in [3.63, 3.8) is 0 Å². The molecule has 214 valence electrons. The smallest absolute Gasteiger partial charge is 0.338 e. The number of amides is 2. The van der Waals surface area contributed by atoms with Crippen molar-refractivity contribution >= 4 is 52.5 Å². The first-order chi connectivity index (χ1) is 20.7. The van der Waals surface area contributed by atoms with Crippen LogP contribution in [0.1, 0.15) is 43.0 Å². The fourth-order valence-electron chi connectivity index (χ4n) is 6.77. The third-order valence-electron chi connectivity index (χ3n) is 8.67. The first-order valence-electron chi connectivity index (χ1n) is 13.6. The van der Waals surface area contributed by atoms with E-state index in [4.69, 9.17) is 32.7 Å². The van der Waals surface area contributed by atoms with Crippen LogP contribution in [-0.2, 0) is 24.1 Å². The largest absolute Gasteiger partial charge is 0.497 e. The van der Waals surface area contributed by atoms with Gasteiger partial charge in [-0.3, -0.25) is 14.4 Å². The molecule has 0 aromatic heterocycles. The van der Waals surface area contributed by atoms with Crippen LogP contribution in [0.2, 0.25) is 0 Å². The number of ketones is 1. The summed E-state index contributed by atoms with van der Waals surface area (Å²) in [5.74, 6) is -3.52. The molecular formula is C34H23Cl2NO6. The van der Waals surface area contributed by atoms with Gasteiger partial charge in [0.15, 0.2) is 12.4 Å². The van der Waals surface area contributed by atoms with Crippen LogP contribution in [0.25, 0.3) is 0 Å². The van der Waals surface area contributed by atoms with Crippen LogP contribution in [0, 0.1) is 11.8 Å². The number of ether oxygens (including phenoxy) is 2. The van der Waals surface area contributed by atoms with E-state index in [9.17, 15) is 19.2 Å². The molecule has 4 aliphatic rings. The zero-order valence-electron chi connectivity index (χ0n) is 22.8. The van der Waals surface area contributed by atoms with E-state index in [0.717, 1.165) is 4.90 Å². The molecule has 0 radical (unpaired) electrons. The van der Waals surface area contributed by atoms with Crippen molar-refractivity contribution in [2.24, 2.45) is 11.8 Å². The second-order valence-corrected chi connectivity index (χ2v) is 12.0. The number of halogens is 2. The average Bonchev–Trinajstić information content (AvgIpc) is 3.33. The molecule has 43 heavy (non-hydrogen) atoms. The van der Waals surface area contributed by atoms with Crippen molar-refractivity contribution in [3.8, 4) is 5.75 Å². The second-order valence-electron chi connectivity index (χ2n) is 10.8. The minimum Gasteiger partial charge on any atom is -0.497 e. The number of Topliss-reactive ketones (excluding diaryl/α,β-unsaturated/α-hetero) is 1. The molecule has 4 aromatic carbocycles. The summed E-state index contributed by atoms with van der Waals surface area (Å²) in [6.45, 7) is -0.485. The number of carbonyl (C=O) groups excluding carboxylic acids is 4. The van der Waals surface area contributed by atoms with Crippen LogP contribution in [0.4, 0.5) is 5.69 Å². The zero-order valence-corrected chi connectivity index (χ0v) is 24.3. The molecule has 4 aromatic rings. The number of alkyl halides is 2. The fourth-order valence-corrected chi connectivity index (χ4v) is 7.87. The van der Waals surface area contributed by atoms with E-state index in [0.29, 0.717) is 33.6 Å². The molecule has 0 saturated carbocycles. The number of anilines is 1. The first-order valence-corrected chi connectivity index (χ1v) is 14.4. The maximum Gasteiger partial charge on any atom is 0.338 e. The van der Waals surface area contributed by atoms with Gasteiger partial charge < -0.3 is 9.47 Å². The molecule has 1 heterocycles. The molecule has 2 atom stereocenters. The molecule has 0 N–H and O–H groups in total. The maximum atomic E-state index is 14.2. The quantitative estimate of drug-likeness (QED) is 0.118. The summed E-state index contributed by atoms with van der Waals surface area (Å²) in [4.78, 5) is 52.4. The molecule has 2 amide bonds. The predicted molar refractivity (Wildman–Crippen MR) is 160 cm³/mol. The average molecular weight is 612 g/mol. The van der Waals surface area contributed by atoms with E-state index < -0.39 is 51.8 Å². The van der Waals surface area contributed by atoms with Gasteiger partial charge in [-0.05, 0) is 64.7 Å². The van der Waals surface area contributed by atoms with Gasteiger partial charge in [0, 0.05) is 5.56 Å². The van der Waals surface area contributed by atoms with Crippen LogP contribution in [-0.4, -0.2) is 37.3 Å². The molecule has 1 aliphatic heterocycles. The Balaban J connectivity index is 1.20. The Hall–Kier alpha value is -4.46. The topological polar surface area (TPSA) is 90.0 Å². The van der Waals surface area contributed by atoms with E-state index in [1.165, 1.54) is 19.2 Å². The summed E-state index contributed by atoms with van der Waals surface area (Å²) >= 11 is 15.0. The van der Waals surface area contributed by atoms with Gasteiger partial charge in [0.05, 0.1) is 30.2 Å². The van der Waals surface area contributed by atoms with Crippen molar-refractivity contribution < 1.29 is 28.7 Å². The number of rotatable bonds is 6. The van der Waals surface area contributed by atoms with E-state index >= 15 is 0 Å². The molecule has 0 spiro atoms. The van der Waals surface area contributed by atoms with Crippen LogP contribution >= 0.6 is 23.2 Å². The Morgan fingerprint density at radius 1 is 0.721 bits per heavy atom. The van der Waals surface area contributed by atoms with Crippen LogP contribution in [0.3, 0.4) is 0 Å². The summed E-state index contributed by atoms with van der Waals surface area (Å²) in [5.41, 5.74) is 3.43. The number of esters is 1. The van der Waals surface area contributed by atoms with Gasteiger partial charge in [-0.2, -0.15) is 0 Å². The molecular weight excluding hydrogens is 589 g/mol. The Kier molecular flexibility index (Phi) is 6.24. The van der Waals surface area contributed by atoms with Gasteiger partial charge in [0.25, 0.3) is 0 Å². The number of imide groups is 1. The van der Waals surface area contributed by atoms with E-state index in [1.54, 1.807) is 36.4 Å². The summed E-state index contributed by atoms with van der Waals surface area (Å²) in [6, 6.07) is 27.2. The van der Waals surface area contributed by atoms with Gasteiger partial charge in [-0.25, -0.2) is 9.69 Å². The van der Waals surface area contributed by atoms with Crippen LogP contribution in [0.5, 0.6) is 5.75 Å². The molecule has 8 rings (SSSR count). The number of carbonyl (C=O) groups is 4. The van der Waals surface area contributed by atoms with Crippen molar-refractivity contribution in [1.82, 2.24) is 0 Å². The Morgan fingerprint density at radius 2 is 1.23 bits per heavy atom. The summed E-state index contributed by atoms with van der Waals surface area (Å²) in [6.07, 6.45) is 0. The summed E-state index contributed by atoms with van der Waals surface area (Å²) in [5, 5.41) is 0. The van der Waals surface area contributed by atoms with E-state index in [2.05, 4.69) is 0 Å². The molecule has 0 unspecified atom stereocenters. The molecule has 1 saturated heterocycles. The Bertz CT molecular complexity index is 1730. The zero-order chi connectivity index (χ0) is 30.1. The number of methoxy groups -OCH3 is 1. The normalized spacial score (nSPS) is 24.7. The standard InChI is InChI=1S/C34H23Cl2NO6/c1-42-22-15-13-19(14-16-22)27(38)18-43-32(41)20-7-6-8-21(17-20)37-30(39)28-29(31(37)40)34(36)24-10-3-2-9-23(24)33(28,35)25-11-4-5-12-26(25)34/h2-17,28-29H,18H2,1H3/t28-,29+,33?,34?. The van der Waals surface area contributed by atoms with Crippen molar-refractivity contribution in [2.75, 3.05) is 18.6 Å². The van der Waals surface area contributed by atoms with E-state index in [1.807, 2.05) is 48.5 Å². The lowest BCUT2D eigenvalue weighted by molar-refractivity contribution is -0.122. The summed E-state index contributed by atoms with van der Waals surface area (Å²) in [7, 11) is 1.52. The summed E-state index contributed by atoms with van der Waals surface area (Å²) < 4.78 is 10.4. The van der Waals surface area contributed by atoms with Crippen molar-refractivity contribution in [3.05, 3.63) is 130 Å². The Morgan fingerprint density at radius 3 is 1.72 bits per heavy atom. The highest BCUT2D eigenvalue weighted by atomic mass is 35.5. The molecule has 1 fully saturated rings. The number of benzene rings is 4. The molecule has 2 bridgehead atoms. The third kappa shape index (κ3) is 3.74.